The quantitative estimate of drug-likeness (QED) is 0.384. The predicted molar refractivity (Wildman–Crippen MR) is 116 cm³/mol. The first-order chi connectivity index (χ1) is 14.2. The van der Waals surface area contributed by atoms with Gasteiger partial charge in [-0.25, -0.2) is 9.78 Å². The van der Waals surface area contributed by atoms with Gasteiger partial charge in [0.15, 0.2) is 5.16 Å². The Bertz CT molecular complexity index is 978. The van der Waals surface area contributed by atoms with Crippen LogP contribution < -0.4 is 5.56 Å². The van der Waals surface area contributed by atoms with Crippen LogP contribution in [0.3, 0.4) is 0 Å². The summed E-state index contributed by atoms with van der Waals surface area (Å²) in [7, 11) is 0. The third-order valence-corrected chi connectivity index (χ3v) is 8.55. The molecule has 0 radical (unpaired) electrons. The van der Waals surface area contributed by atoms with Gasteiger partial charge in [0.05, 0.1) is 11.9 Å². The van der Waals surface area contributed by atoms with Gasteiger partial charge in [0.25, 0.3) is 5.56 Å². The maximum absolute atomic E-state index is 13.6. The van der Waals surface area contributed by atoms with E-state index in [-0.39, 0.29) is 17.7 Å². The van der Waals surface area contributed by atoms with Crippen LogP contribution in [0.15, 0.2) is 9.95 Å². The lowest BCUT2D eigenvalue weighted by molar-refractivity contribution is 0.158. The van der Waals surface area contributed by atoms with Gasteiger partial charge in [-0.2, -0.15) is 0 Å². The normalized spacial score (nSPS) is 19.9. The number of rotatable bonds is 6. The van der Waals surface area contributed by atoms with E-state index in [0.29, 0.717) is 19.7 Å². The molecule has 3 heterocycles. The van der Waals surface area contributed by atoms with E-state index in [1.54, 1.807) is 28.0 Å². The lowest BCUT2D eigenvalue weighted by Crippen LogP contribution is -2.27. The van der Waals surface area contributed by atoms with Gasteiger partial charge < -0.3 is 9.64 Å². The minimum atomic E-state index is -0.207. The van der Waals surface area contributed by atoms with E-state index < -0.39 is 0 Å². The molecule has 1 amide bonds. The number of thiophene rings is 1. The minimum Gasteiger partial charge on any atom is -0.448 e. The van der Waals surface area contributed by atoms with E-state index in [4.69, 9.17) is 9.72 Å². The van der Waals surface area contributed by atoms with Crippen molar-refractivity contribution in [2.24, 2.45) is 0 Å². The molecule has 1 saturated heterocycles. The number of cyclic esters (lactones) is 1. The molecule has 3 aliphatic rings. The highest BCUT2D eigenvalue weighted by molar-refractivity contribution is 7.99. The maximum atomic E-state index is 13.6. The summed E-state index contributed by atoms with van der Waals surface area (Å²) in [6.07, 6.45) is 9.72. The van der Waals surface area contributed by atoms with Gasteiger partial charge in [-0.15, -0.1) is 11.3 Å². The number of hydrogen-bond donors (Lipinski definition) is 0. The Balaban J connectivity index is 1.42. The van der Waals surface area contributed by atoms with Crippen molar-refractivity contribution in [2.75, 3.05) is 25.4 Å². The number of aryl methyl sites for hydroxylation is 2. The molecule has 0 atom stereocenters. The van der Waals surface area contributed by atoms with Crippen molar-refractivity contribution in [3.63, 3.8) is 0 Å². The Morgan fingerprint density at radius 1 is 1.14 bits per heavy atom. The summed E-state index contributed by atoms with van der Waals surface area (Å²) in [5.74, 6) is 0.847. The topological polar surface area (TPSA) is 64.4 Å². The highest BCUT2D eigenvalue weighted by Crippen LogP contribution is 2.37. The molecule has 1 aliphatic heterocycles. The Morgan fingerprint density at radius 3 is 2.76 bits per heavy atom. The number of carbonyl (C=O) groups excluding carboxylic acids is 1. The Morgan fingerprint density at radius 2 is 1.97 bits per heavy atom. The molecule has 8 heteroatoms. The molecular weight excluding hydrogens is 406 g/mol. The molecule has 2 fully saturated rings. The Hall–Kier alpha value is -1.54. The van der Waals surface area contributed by atoms with Gasteiger partial charge in [0, 0.05) is 23.2 Å². The number of hydrogen-bond acceptors (Lipinski definition) is 6. The zero-order valence-electron chi connectivity index (χ0n) is 16.7. The standard InChI is InChI=1S/C21H27N3O3S2/c25-19-17-15-8-3-4-9-16(15)29-18(17)22-20(24(19)14-6-1-2-7-14)28-13-5-10-23-11-12-27-21(23)26/h14H,1-13H2. The van der Waals surface area contributed by atoms with Crippen LogP contribution in [0, 0.1) is 0 Å². The zero-order chi connectivity index (χ0) is 19.8. The van der Waals surface area contributed by atoms with E-state index >= 15 is 0 Å². The molecule has 0 N–H and O–H groups in total. The SMILES string of the molecule is O=C1OCCN1CCCSc1nc2sc3c(c2c(=O)n1C1CCCC1)CCCC3. The van der Waals surface area contributed by atoms with Gasteiger partial charge in [-0.1, -0.05) is 24.6 Å². The number of amides is 1. The number of nitrogens with zero attached hydrogens (tertiary/aromatic N) is 3. The molecule has 29 heavy (non-hydrogen) atoms. The minimum absolute atomic E-state index is 0.187. The second-order valence-electron chi connectivity index (χ2n) is 8.20. The Kier molecular flexibility index (Phi) is 5.56. The monoisotopic (exact) mass is 433 g/mol. The number of carbonyl (C=O) groups is 1. The van der Waals surface area contributed by atoms with Crippen LogP contribution in [0.25, 0.3) is 10.2 Å². The van der Waals surface area contributed by atoms with Crippen molar-refractivity contribution < 1.29 is 9.53 Å². The highest BCUT2D eigenvalue weighted by Gasteiger charge is 2.27. The molecular formula is C21H27N3O3S2. The van der Waals surface area contributed by atoms with Crippen molar-refractivity contribution in [3.05, 3.63) is 20.8 Å². The summed E-state index contributed by atoms with van der Waals surface area (Å²) < 4.78 is 7.01. The van der Waals surface area contributed by atoms with Crippen LogP contribution in [-0.2, 0) is 17.6 Å². The van der Waals surface area contributed by atoms with E-state index in [1.165, 1.54) is 36.1 Å². The number of ether oxygens (including phenoxy) is 1. The summed E-state index contributed by atoms with van der Waals surface area (Å²) in [6.45, 7) is 1.88. The second-order valence-corrected chi connectivity index (χ2v) is 10.3. The number of aromatic nitrogens is 2. The predicted octanol–water partition coefficient (Wildman–Crippen LogP) is 4.39. The summed E-state index contributed by atoms with van der Waals surface area (Å²) in [5, 5.41) is 1.78. The van der Waals surface area contributed by atoms with E-state index in [9.17, 15) is 9.59 Å². The largest absolute Gasteiger partial charge is 0.448 e. The summed E-state index contributed by atoms with van der Waals surface area (Å²) in [6, 6.07) is 0.287. The third-order valence-electron chi connectivity index (χ3n) is 6.33. The first kappa shape index (κ1) is 19.4. The molecule has 1 saturated carbocycles. The van der Waals surface area contributed by atoms with Gasteiger partial charge >= 0.3 is 6.09 Å². The highest BCUT2D eigenvalue weighted by atomic mass is 32.2. The fraction of sp³-hybridized carbons (Fsp3) is 0.667. The van der Waals surface area contributed by atoms with Crippen LogP contribution in [-0.4, -0.2) is 46.0 Å². The van der Waals surface area contributed by atoms with Crippen molar-refractivity contribution in [1.29, 1.82) is 0 Å². The average molecular weight is 434 g/mol. The fourth-order valence-electron chi connectivity index (χ4n) is 4.83. The first-order valence-electron chi connectivity index (χ1n) is 10.8. The van der Waals surface area contributed by atoms with Gasteiger partial charge in [0.2, 0.25) is 0 Å². The third kappa shape index (κ3) is 3.69. The maximum Gasteiger partial charge on any atom is 0.409 e. The van der Waals surface area contributed by atoms with Crippen LogP contribution in [0.5, 0.6) is 0 Å². The second kappa shape index (κ2) is 8.30. The molecule has 0 bridgehead atoms. The molecule has 2 aromatic heterocycles. The van der Waals surface area contributed by atoms with Crippen LogP contribution in [0.2, 0.25) is 0 Å². The van der Waals surface area contributed by atoms with Crippen LogP contribution >= 0.6 is 23.1 Å². The van der Waals surface area contributed by atoms with Gasteiger partial charge in [-0.05, 0) is 50.5 Å². The smallest absolute Gasteiger partial charge is 0.409 e. The van der Waals surface area contributed by atoms with Crippen LogP contribution in [0.1, 0.15) is 61.4 Å². The summed E-state index contributed by atoms with van der Waals surface area (Å²) >= 11 is 3.41. The van der Waals surface area contributed by atoms with Crippen molar-refractivity contribution in [2.45, 2.75) is 69.0 Å². The first-order valence-corrected chi connectivity index (χ1v) is 12.6. The zero-order valence-corrected chi connectivity index (χ0v) is 18.3. The number of fused-ring (bicyclic) bond motifs is 3. The van der Waals surface area contributed by atoms with E-state index in [2.05, 4.69) is 0 Å². The molecule has 6 nitrogen and oxygen atoms in total. The molecule has 0 unspecified atom stereocenters. The molecule has 2 aromatic rings. The molecule has 5 rings (SSSR count). The molecule has 0 spiro atoms. The average Bonchev–Trinajstić information content (AvgIpc) is 3.45. The summed E-state index contributed by atoms with van der Waals surface area (Å²) in [4.78, 5) is 34.3. The van der Waals surface area contributed by atoms with Crippen molar-refractivity contribution >= 4 is 39.4 Å². The lowest BCUT2D eigenvalue weighted by atomic mass is 9.97. The van der Waals surface area contributed by atoms with Crippen molar-refractivity contribution in [1.82, 2.24) is 14.5 Å². The molecule has 0 aromatic carbocycles. The van der Waals surface area contributed by atoms with Crippen molar-refractivity contribution in [3.8, 4) is 0 Å². The Labute approximate surface area is 178 Å². The number of thioether (sulfide) groups is 1. The van der Waals surface area contributed by atoms with Gasteiger partial charge in [0.1, 0.15) is 11.4 Å². The molecule has 156 valence electrons. The molecule has 2 aliphatic carbocycles. The van der Waals surface area contributed by atoms with E-state index in [1.807, 2.05) is 4.57 Å². The fourth-order valence-corrected chi connectivity index (χ4v) is 7.13. The van der Waals surface area contributed by atoms with E-state index in [0.717, 1.165) is 53.2 Å². The lowest BCUT2D eigenvalue weighted by Gasteiger charge is -2.19. The van der Waals surface area contributed by atoms with Gasteiger partial charge in [-0.3, -0.25) is 9.36 Å². The van der Waals surface area contributed by atoms with Crippen LogP contribution in [0.4, 0.5) is 4.79 Å². The summed E-state index contributed by atoms with van der Waals surface area (Å²) in [5.41, 5.74) is 1.47.